The first-order valence-electron chi connectivity index (χ1n) is 6.42. The number of nitrogens with one attached hydrogen (secondary N) is 1. The molecule has 2 rings (SSSR count). The number of benzene rings is 2. The second-order valence-corrected chi connectivity index (χ2v) is 4.42. The first-order valence-corrected chi connectivity index (χ1v) is 6.42. The van der Waals surface area contributed by atoms with E-state index < -0.39 is 0 Å². The molecule has 0 fully saturated rings. The Morgan fingerprint density at radius 1 is 0.833 bits per heavy atom. The highest BCUT2D eigenvalue weighted by atomic mass is 14.9. The molecule has 0 radical (unpaired) electrons. The lowest BCUT2D eigenvalue weighted by molar-refractivity contribution is 0.689. The zero-order valence-electron chi connectivity index (χ0n) is 10.8. The Morgan fingerprint density at radius 2 is 1.39 bits per heavy atom. The number of nitrogens with two attached hydrogens (primary N) is 1. The minimum atomic E-state index is 0.810. The number of aryl methyl sites for hydroxylation is 1. The fourth-order valence-electron chi connectivity index (χ4n) is 2.10. The van der Waals surface area contributed by atoms with Gasteiger partial charge in [0, 0.05) is 18.8 Å². The molecule has 0 aliphatic carbocycles. The average Bonchev–Trinajstić information content (AvgIpc) is 2.41. The Kier molecular flexibility index (Phi) is 4.37. The molecule has 0 aliphatic heterocycles. The van der Waals surface area contributed by atoms with E-state index in [4.69, 9.17) is 5.73 Å². The van der Waals surface area contributed by atoms with Gasteiger partial charge in [-0.2, -0.15) is 0 Å². The smallest absolute Gasteiger partial charge is 0.0359 e. The highest BCUT2D eigenvalue weighted by Crippen LogP contribution is 2.12. The molecule has 0 unspecified atom stereocenters. The van der Waals surface area contributed by atoms with E-state index in [0.717, 1.165) is 30.8 Å². The molecule has 0 saturated carbocycles. The summed E-state index contributed by atoms with van der Waals surface area (Å²) in [6, 6.07) is 16.5. The maximum atomic E-state index is 5.92. The molecular formula is C16H20N2. The van der Waals surface area contributed by atoms with Crippen LogP contribution in [-0.4, -0.2) is 0 Å². The van der Waals surface area contributed by atoms with Crippen molar-refractivity contribution in [1.29, 1.82) is 0 Å². The third-order valence-corrected chi connectivity index (χ3v) is 3.19. The maximum Gasteiger partial charge on any atom is 0.0359 e. The van der Waals surface area contributed by atoms with Gasteiger partial charge in [-0.1, -0.05) is 49.4 Å². The quantitative estimate of drug-likeness (QED) is 0.788. The van der Waals surface area contributed by atoms with Gasteiger partial charge in [0.25, 0.3) is 0 Å². The number of nitrogen functional groups attached to an aromatic ring is 1. The molecule has 0 saturated heterocycles. The Morgan fingerprint density at radius 3 is 2.06 bits per heavy atom. The van der Waals surface area contributed by atoms with Crippen LogP contribution in [0.2, 0.25) is 0 Å². The summed E-state index contributed by atoms with van der Waals surface area (Å²) in [5, 5.41) is 3.45. The average molecular weight is 240 g/mol. The summed E-state index contributed by atoms with van der Waals surface area (Å²) in [5.74, 6) is 0. The molecule has 0 heterocycles. The summed E-state index contributed by atoms with van der Waals surface area (Å²) in [5.41, 5.74) is 10.7. The number of rotatable bonds is 5. The van der Waals surface area contributed by atoms with Crippen LogP contribution in [0.1, 0.15) is 23.6 Å². The van der Waals surface area contributed by atoms with Crippen molar-refractivity contribution < 1.29 is 0 Å². The van der Waals surface area contributed by atoms with Gasteiger partial charge < -0.3 is 11.1 Å². The van der Waals surface area contributed by atoms with Gasteiger partial charge in [-0.3, -0.25) is 0 Å². The van der Waals surface area contributed by atoms with Crippen LogP contribution in [-0.2, 0) is 19.5 Å². The Labute approximate surface area is 109 Å². The van der Waals surface area contributed by atoms with Crippen molar-refractivity contribution in [3.05, 3.63) is 65.2 Å². The largest absolute Gasteiger partial charge is 0.398 e. The third kappa shape index (κ3) is 3.11. The first kappa shape index (κ1) is 12.7. The molecule has 94 valence electrons. The normalized spacial score (nSPS) is 10.5. The van der Waals surface area contributed by atoms with Crippen molar-refractivity contribution in [2.45, 2.75) is 26.4 Å². The zero-order valence-corrected chi connectivity index (χ0v) is 10.8. The Balaban J connectivity index is 1.95. The van der Waals surface area contributed by atoms with Crippen LogP contribution in [0.15, 0.2) is 48.5 Å². The summed E-state index contributed by atoms with van der Waals surface area (Å²) in [4.78, 5) is 0. The molecule has 0 aromatic heterocycles. The molecule has 2 nitrogen and oxygen atoms in total. The van der Waals surface area contributed by atoms with E-state index in [9.17, 15) is 0 Å². The van der Waals surface area contributed by atoms with Crippen molar-refractivity contribution in [2.24, 2.45) is 0 Å². The van der Waals surface area contributed by atoms with E-state index in [1.165, 1.54) is 11.1 Å². The SMILES string of the molecule is CCc1ccccc1CNCc1ccccc1N. The molecule has 0 spiro atoms. The van der Waals surface area contributed by atoms with E-state index in [2.05, 4.69) is 42.6 Å². The van der Waals surface area contributed by atoms with Gasteiger partial charge in [0.2, 0.25) is 0 Å². The van der Waals surface area contributed by atoms with Crippen LogP contribution in [0.4, 0.5) is 5.69 Å². The van der Waals surface area contributed by atoms with Crippen molar-refractivity contribution in [3.8, 4) is 0 Å². The Bertz CT molecular complexity index is 506. The van der Waals surface area contributed by atoms with Gasteiger partial charge in [0.05, 0.1) is 0 Å². The van der Waals surface area contributed by atoms with Crippen LogP contribution in [0.3, 0.4) is 0 Å². The van der Waals surface area contributed by atoms with Gasteiger partial charge in [0.15, 0.2) is 0 Å². The molecule has 3 N–H and O–H groups in total. The fraction of sp³-hybridized carbons (Fsp3) is 0.250. The van der Waals surface area contributed by atoms with Crippen LogP contribution in [0, 0.1) is 0 Å². The van der Waals surface area contributed by atoms with Gasteiger partial charge in [-0.25, -0.2) is 0 Å². The summed E-state index contributed by atoms with van der Waals surface area (Å²) >= 11 is 0. The minimum absolute atomic E-state index is 0.810. The van der Waals surface area contributed by atoms with Gasteiger partial charge in [-0.05, 0) is 29.2 Å². The van der Waals surface area contributed by atoms with Crippen LogP contribution in [0.5, 0.6) is 0 Å². The second-order valence-electron chi connectivity index (χ2n) is 4.42. The lowest BCUT2D eigenvalue weighted by atomic mass is 10.1. The molecular weight excluding hydrogens is 220 g/mol. The number of anilines is 1. The fourth-order valence-corrected chi connectivity index (χ4v) is 2.10. The highest BCUT2D eigenvalue weighted by Gasteiger charge is 2.00. The third-order valence-electron chi connectivity index (χ3n) is 3.19. The minimum Gasteiger partial charge on any atom is -0.398 e. The predicted octanol–water partition coefficient (Wildman–Crippen LogP) is 3.12. The van der Waals surface area contributed by atoms with Crippen molar-refractivity contribution in [2.75, 3.05) is 5.73 Å². The van der Waals surface area contributed by atoms with E-state index >= 15 is 0 Å². The maximum absolute atomic E-state index is 5.92. The number of para-hydroxylation sites is 1. The molecule has 0 bridgehead atoms. The van der Waals surface area contributed by atoms with Gasteiger partial charge >= 0.3 is 0 Å². The summed E-state index contributed by atoms with van der Waals surface area (Å²) < 4.78 is 0. The van der Waals surface area contributed by atoms with Crippen LogP contribution < -0.4 is 11.1 Å². The zero-order chi connectivity index (χ0) is 12.8. The first-order chi connectivity index (χ1) is 8.81. The number of hydrogen-bond donors (Lipinski definition) is 2. The Hall–Kier alpha value is -1.80. The van der Waals surface area contributed by atoms with Crippen molar-refractivity contribution in [3.63, 3.8) is 0 Å². The molecule has 2 aromatic carbocycles. The van der Waals surface area contributed by atoms with E-state index in [-0.39, 0.29) is 0 Å². The molecule has 0 amide bonds. The monoisotopic (exact) mass is 240 g/mol. The molecule has 0 aliphatic rings. The van der Waals surface area contributed by atoms with E-state index in [0.29, 0.717) is 0 Å². The van der Waals surface area contributed by atoms with Crippen molar-refractivity contribution in [1.82, 2.24) is 5.32 Å². The lowest BCUT2D eigenvalue weighted by Crippen LogP contribution is -2.14. The summed E-state index contributed by atoms with van der Waals surface area (Å²) in [6.45, 7) is 3.89. The molecule has 2 aromatic rings. The summed E-state index contributed by atoms with van der Waals surface area (Å²) in [7, 11) is 0. The second kappa shape index (κ2) is 6.22. The van der Waals surface area contributed by atoms with Crippen LogP contribution in [0.25, 0.3) is 0 Å². The molecule has 0 atom stereocenters. The van der Waals surface area contributed by atoms with Crippen molar-refractivity contribution >= 4 is 5.69 Å². The molecule has 2 heteroatoms. The highest BCUT2D eigenvalue weighted by molar-refractivity contribution is 5.46. The number of hydrogen-bond acceptors (Lipinski definition) is 2. The molecule has 18 heavy (non-hydrogen) atoms. The van der Waals surface area contributed by atoms with Gasteiger partial charge in [0.1, 0.15) is 0 Å². The van der Waals surface area contributed by atoms with Gasteiger partial charge in [-0.15, -0.1) is 0 Å². The summed E-state index contributed by atoms with van der Waals surface area (Å²) in [6.07, 6.45) is 1.07. The standard InChI is InChI=1S/C16H20N2/c1-2-13-7-3-4-8-14(13)11-18-12-15-9-5-6-10-16(15)17/h3-10,18H,2,11-12,17H2,1H3. The lowest BCUT2D eigenvalue weighted by Gasteiger charge is -2.10. The van der Waals surface area contributed by atoms with E-state index in [1.54, 1.807) is 0 Å². The van der Waals surface area contributed by atoms with Crippen LogP contribution >= 0.6 is 0 Å². The van der Waals surface area contributed by atoms with E-state index in [1.807, 2.05) is 18.2 Å². The predicted molar refractivity (Wildman–Crippen MR) is 77.2 cm³/mol. The topological polar surface area (TPSA) is 38.0 Å².